The van der Waals surface area contributed by atoms with Crippen LogP contribution in [0.25, 0.3) is 0 Å². The van der Waals surface area contributed by atoms with Crippen LogP contribution in [0.3, 0.4) is 0 Å². The van der Waals surface area contributed by atoms with Gasteiger partial charge in [-0.2, -0.15) is 0 Å². The van der Waals surface area contributed by atoms with Gasteiger partial charge in [0, 0.05) is 6.20 Å². The van der Waals surface area contributed by atoms with E-state index in [1.807, 2.05) is 7.28 Å². The van der Waals surface area contributed by atoms with Crippen molar-refractivity contribution in [3.05, 3.63) is 17.8 Å². The molecule has 0 aromatic carbocycles. The number of carboxylic acid groups (broad SMARTS) is 1. The van der Waals surface area contributed by atoms with Gasteiger partial charge >= 0.3 is 5.97 Å². The number of fused-ring (bicyclic) bond motifs is 1. The summed E-state index contributed by atoms with van der Waals surface area (Å²) in [7, 11) is 1.95. The summed E-state index contributed by atoms with van der Waals surface area (Å²) >= 11 is 0. The lowest BCUT2D eigenvalue weighted by Crippen LogP contribution is -2.20. The lowest BCUT2D eigenvalue weighted by Gasteiger charge is -1.97. The topological polar surface area (TPSA) is 62.5 Å². The average molecular weight is 199 g/mol. The van der Waals surface area contributed by atoms with Crippen LogP contribution < -0.4 is 5.46 Å². The number of nitrogens with zero attached hydrogens (tertiary/aromatic N) is 2. The van der Waals surface area contributed by atoms with E-state index in [4.69, 9.17) is 5.11 Å². The van der Waals surface area contributed by atoms with Crippen LogP contribution in [-0.4, -0.2) is 29.0 Å². The molecule has 3 rings (SSSR count). The second-order valence-corrected chi connectivity index (χ2v) is 3.90. The Labute approximate surface area is 87.3 Å². The molecule has 1 radical (unpaired) electrons. The first-order valence-electron chi connectivity index (χ1n) is 4.91. The minimum Gasteiger partial charge on any atom is -0.478 e. The van der Waals surface area contributed by atoms with E-state index in [1.165, 1.54) is 19.0 Å². The molecule has 1 aliphatic heterocycles. The first kappa shape index (κ1) is 8.65. The van der Waals surface area contributed by atoms with Gasteiger partial charge in [0.05, 0.1) is 5.56 Å². The van der Waals surface area contributed by atoms with Crippen molar-refractivity contribution in [1.29, 1.82) is 0 Å². The standard InChI is InChI=1S/C10H8BN2O2/c14-10(15)6-3-7-9(12-4-6)13-8(11-7)5-1-2-5/h3-5H,1-2H2,(H,14,15). The largest absolute Gasteiger partial charge is 0.478 e. The summed E-state index contributed by atoms with van der Waals surface area (Å²) in [6.45, 7) is 0. The van der Waals surface area contributed by atoms with Gasteiger partial charge in [-0.1, -0.05) is 0 Å². The predicted molar refractivity (Wildman–Crippen MR) is 56.4 cm³/mol. The minimum absolute atomic E-state index is 0.220. The molecule has 0 unspecified atom stereocenters. The smallest absolute Gasteiger partial charge is 0.337 e. The van der Waals surface area contributed by atoms with Gasteiger partial charge in [0.2, 0.25) is 7.28 Å². The van der Waals surface area contributed by atoms with Crippen molar-refractivity contribution >= 4 is 30.1 Å². The SMILES string of the molecule is O=C(O)c1cnc2c(c1)[B]C(C1CC1)=N2. The zero-order chi connectivity index (χ0) is 10.4. The molecule has 0 atom stereocenters. The van der Waals surface area contributed by atoms with E-state index in [0.717, 1.165) is 11.1 Å². The Morgan fingerprint density at radius 2 is 2.33 bits per heavy atom. The Kier molecular flexibility index (Phi) is 1.68. The molecule has 1 aromatic rings. The number of aliphatic imine (C=N–C) groups is 1. The van der Waals surface area contributed by atoms with E-state index in [2.05, 4.69) is 9.98 Å². The number of aromatic nitrogens is 1. The molecule has 4 nitrogen and oxygen atoms in total. The molecule has 1 N–H and O–H groups in total. The Morgan fingerprint density at radius 1 is 1.53 bits per heavy atom. The van der Waals surface area contributed by atoms with Gasteiger partial charge in [0.25, 0.3) is 0 Å². The molecule has 0 saturated heterocycles. The molecule has 73 valence electrons. The number of aromatic carboxylic acids is 1. The summed E-state index contributed by atoms with van der Waals surface area (Å²) in [5.74, 6) is 0.285. The van der Waals surface area contributed by atoms with Gasteiger partial charge < -0.3 is 5.11 Å². The molecule has 0 amide bonds. The van der Waals surface area contributed by atoms with Gasteiger partial charge in [-0.3, -0.25) is 0 Å². The molecule has 15 heavy (non-hydrogen) atoms. The van der Waals surface area contributed by atoms with Crippen molar-refractivity contribution in [3.63, 3.8) is 0 Å². The van der Waals surface area contributed by atoms with Crippen LogP contribution in [0.15, 0.2) is 17.3 Å². The van der Waals surface area contributed by atoms with E-state index >= 15 is 0 Å². The zero-order valence-corrected chi connectivity index (χ0v) is 7.97. The van der Waals surface area contributed by atoms with E-state index in [1.54, 1.807) is 6.07 Å². The summed E-state index contributed by atoms with van der Waals surface area (Å²) in [6.07, 6.45) is 3.73. The lowest BCUT2D eigenvalue weighted by atomic mass is 9.66. The van der Waals surface area contributed by atoms with Crippen molar-refractivity contribution in [2.75, 3.05) is 0 Å². The van der Waals surface area contributed by atoms with Gasteiger partial charge in [-0.25, -0.2) is 14.8 Å². The minimum atomic E-state index is -0.946. The first-order chi connectivity index (χ1) is 7.24. The highest BCUT2D eigenvalue weighted by molar-refractivity contribution is 6.88. The van der Waals surface area contributed by atoms with Gasteiger partial charge in [-0.05, 0) is 35.9 Å². The molecule has 2 aliphatic rings. The average Bonchev–Trinajstić information content (AvgIpc) is 2.97. The third-order valence-electron chi connectivity index (χ3n) is 2.68. The van der Waals surface area contributed by atoms with Crippen LogP contribution in [-0.2, 0) is 0 Å². The highest BCUT2D eigenvalue weighted by atomic mass is 16.4. The van der Waals surface area contributed by atoms with Gasteiger partial charge in [0.1, 0.15) is 5.82 Å². The highest BCUT2D eigenvalue weighted by Gasteiger charge is 2.32. The molecule has 0 bridgehead atoms. The molecule has 2 heterocycles. The quantitative estimate of drug-likeness (QED) is 0.707. The summed E-state index contributed by atoms with van der Waals surface area (Å²) < 4.78 is 0. The molecular formula is C10H8BN2O2. The van der Waals surface area contributed by atoms with Crippen molar-refractivity contribution in [3.8, 4) is 0 Å². The van der Waals surface area contributed by atoms with Gasteiger partial charge in [-0.15, -0.1) is 0 Å². The molecule has 5 heteroatoms. The Bertz CT molecular complexity index is 480. The van der Waals surface area contributed by atoms with Crippen LogP contribution >= 0.6 is 0 Å². The third kappa shape index (κ3) is 1.44. The van der Waals surface area contributed by atoms with Crippen molar-refractivity contribution in [2.45, 2.75) is 12.8 Å². The Balaban J connectivity index is 1.95. The maximum Gasteiger partial charge on any atom is 0.337 e. The lowest BCUT2D eigenvalue weighted by molar-refractivity contribution is 0.0696. The Morgan fingerprint density at radius 3 is 3.00 bits per heavy atom. The van der Waals surface area contributed by atoms with Crippen molar-refractivity contribution < 1.29 is 9.90 Å². The monoisotopic (exact) mass is 199 g/mol. The van der Waals surface area contributed by atoms with Crippen LogP contribution in [0.1, 0.15) is 23.2 Å². The molecular weight excluding hydrogens is 191 g/mol. The summed E-state index contributed by atoms with van der Waals surface area (Å²) in [5, 5.41) is 8.81. The third-order valence-corrected chi connectivity index (χ3v) is 2.68. The first-order valence-corrected chi connectivity index (χ1v) is 4.91. The number of carboxylic acids is 1. The van der Waals surface area contributed by atoms with Crippen LogP contribution in [0.5, 0.6) is 0 Å². The summed E-state index contributed by atoms with van der Waals surface area (Å²) in [5.41, 5.74) is 2.11. The maximum absolute atomic E-state index is 10.7. The fraction of sp³-hybridized carbons (Fsp3) is 0.300. The number of carbonyl (C=O) groups is 1. The van der Waals surface area contributed by atoms with Crippen LogP contribution in [0.2, 0.25) is 0 Å². The molecule has 1 fully saturated rings. The Hall–Kier alpha value is -1.65. The van der Waals surface area contributed by atoms with E-state index < -0.39 is 5.97 Å². The second-order valence-electron chi connectivity index (χ2n) is 3.90. The highest BCUT2D eigenvalue weighted by Crippen LogP contribution is 2.32. The van der Waals surface area contributed by atoms with Crippen LogP contribution in [0, 0.1) is 5.92 Å². The molecule has 0 spiro atoms. The molecule has 1 aliphatic carbocycles. The fourth-order valence-corrected chi connectivity index (χ4v) is 1.69. The van der Waals surface area contributed by atoms with Crippen molar-refractivity contribution in [1.82, 2.24) is 4.98 Å². The van der Waals surface area contributed by atoms with E-state index in [9.17, 15) is 4.79 Å². The number of pyridine rings is 1. The number of hydrogen-bond acceptors (Lipinski definition) is 3. The van der Waals surface area contributed by atoms with E-state index in [0.29, 0.717) is 11.7 Å². The molecule has 1 saturated carbocycles. The zero-order valence-electron chi connectivity index (χ0n) is 7.97. The number of hydrogen-bond donors (Lipinski definition) is 1. The molecule has 1 aromatic heterocycles. The normalized spacial score (nSPS) is 18.0. The second kappa shape index (κ2) is 2.92. The van der Waals surface area contributed by atoms with Crippen molar-refractivity contribution in [2.24, 2.45) is 10.9 Å². The van der Waals surface area contributed by atoms with Crippen LogP contribution in [0.4, 0.5) is 5.82 Å². The van der Waals surface area contributed by atoms with Gasteiger partial charge in [0.15, 0.2) is 0 Å². The summed E-state index contributed by atoms with van der Waals surface area (Å²) in [6, 6.07) is 1.63. The maximum atomic E-state index is 10.7. The predicted octanol–water partition coefficient (Wildman–Crippen LogP) is 0.563. The number of rotatable bonds is 2. The van der Waals surface area contributed by atoms with E-state index in [-0.39, 0.29) is 5.56 Å². The fourth-order valence-electron chi connectivity index (χ4n) is 1.69. The summed E-state index contributed by atoms with van der Waals surface area (Å²) in [4.78, 5) is 19.1.